The zero-order valence-corrected chi connectivity index (χ0v) is 15.5. The smallest absolute Gasteiger partial charge is 0.410 e. The molecule has 130 valence electrons. The zero-order chi connectivity index (χ0) is 16.8. The second-order valence-corrected chi connectivity index (χ2v) is 8.21. The summed E-state index contributed by atoms with van der Waals surface area (Å²) < 4.78 is 5.50. The van der Waals surface area contributed by atoms with Gasteiger partial charge in [-0.15, -0.1) is 0 Å². The van der Waals surface area contributed by atoms with Crippen molar-refractivity contribution >= 4 is 6.09 Å². The molecule has 1 fully saturated rings. The van der Waals surface area contributed by atoms with Gasteiger partial charge in [0.25, 0.3) is 0 Å². The Morgan fingerprint density at radius 3 is 2.50 bits per heavy atom. The summed E-state index contributed by atoms with van der Waals surface area (Å²) in [5.41, 5.74) is -0.0678. The molecule has 0 radical (unpaired) electrons. The van der Waals surface area contributed by atoms with Gasteiger partial charge in [-0.25, -0.2) is 4.79 Å². The van der Waals surface area contributed by atoms with E-state index in [4.69, 9.17) is 4.74 Å². The first kappa shape index (κ1) is 19.3. The van der Waals surface area contributed by atoms with Crippen molar-refractivity contribution < 1.29 is 9.53 Å². The van der Waals surface area contributed by atoms with Crippen LogP contribution in [-0.4, -0.2) is 42.3 Å². The largest absolute Gasteiger partial charge is 0.444 e. The molecule has 0 heterocycles. The van der Waals surface area contributed by atoms with Crippen molar-refractivity contribution in [2.45, 2.75) is 85.3 Å². The van der Waals surface area contributed by atoms with E-state index >= 15 is 0 Å². The van der Waals surface area contributed by atoms with Gasteiger partial charge < -0.3 is 15.0 Å². The van der Waals surface area contributed by atoms with E-state index in [0.29, 0.717) is 11.5 Å². The molecule has 0 saturated heterocycles. The lowest BCUT2D eigenvalue weighted by Crippen LogP contribution is -2.48. The maximum atomic E-state index is 12.2. The van der Waals surface area contributed by atoms with Crippen LogP contribution >= 0.6 is 0 Å². The lowest BCUT2D eigenvalue weighted by Gasteiger charge is -2.39. The third kappa shape index (κ3) is 6.55. The van der Waals surface area contributed by atoms with Crippen molar-refractivity contribution in [3.63, 3.8) is 0 Å². The zero-order valence-electron chi connectivity index (χ0n) is 15.5. The Labute approximate surface area is 137 Å². The van der Waals surface area contributed by atoms with Crippen molar-refractivity contribution in [1.82, 2.24) is 10.2 Å². The van der Waals surface area contributed by atoms with E-state index in [9.17, 15) is 4.79 Å². The van der Waals surface area contributed by atoms with Crippen LogP contribution in [0.25, 0.3) is 0 Å². The summed E-state index contributed by atoms with van der Waals surface area (Å²) in [5, 5.41) is 3.67. The van der Waals surface area contributed by atoms with Crippen LogP contribution in [0.15, 0.2) is 0 Å². The van der Waals surface area contributed by atoms with E-state index in [0.717, 1.165) is 26.1 Å². The summed E-state index contributed by atoms with van der Waals surface area (Å²) in [6.45, 7) is 14.8. The Bertz CT molecular complexity index is 347. The van der Waals surface area contributed by atoms with Crippen LogP contribution in [0.1, 0.15) is 73.6 Å². The molecule has 0 aromatic heterocycles. The number of rotatable bonds is 6. The molecular formula is C18H36N2O2. The van der Waals surface area contributed by atoms with Crippen LogP contribution < -0.4 is 5.32 Å². The van der Waals surface area contributed by atoms with E-state index in [1.165, 1.54) is 25.7 Å². The molecule has 1 amide bonds. The molecule has 0 aliphatic heterocycles. The molecule has 1 aliphatic rings. The van der Waals surface area contributed by atoms with Crippen molar-refractivity contribution in [3.05, 3.63) is 0 Å². The van der Waals surface area contributed by atoms with Crippen molar-refractivity contribution in [2.75, 3.05) is 19.6 Å². The van der Waals surface area contributed by atoms with Gasteiger partial charge in [-0.1, -0.05) is 33.6 Å². The Hall–Kier alpha value is -0.770. The van der Waals surface area contributed by atoms with E-state index in [1.807, 2.05) is 25.7 Å². The number of amides is 1. The Kier molecular flexibility index (Phi) is 7.17. The van der Waals surface area contributed by atoms with Crippen molar-refractivity contribution in [3.8, 4) is 0 Å². The molecule has 1 unspecified atom stereocenters. The fourth-order valence-electron chi connectivity index (χ4n) is 3.14. The van der Waals surface area contributed by atoms with Crippen LogP contribution in [0.2, 0.25) is 0 Å². The normalized spacial score (nSPS) is 21.5. The summed E-state index contributed by atoms with van der Waals surface area (Å²) in [5.74, 6) is 0. The first-order valence-corrected chi connectivity index (χ1v) is 8.87. The standard InChI is InChI=1S/C18H36N2O2/c1-7-13-20(16(21)22-17(2,3)4)14-12-19-15-10-8-9-11-18(15,5)6/h15,19H,7-14H2,1-6H3. The van der Waals surface area contributed by atoms with Gasteiger partial charge >= 0.3 is 6.09 Å². The van der Waals surface area contributed by atoms with Gasteiger partial charge in [0.1, 0.15) is 5.60 Å². The average molecular weight is 312 g/mol. The molecule has 1 N–H and O–H groups in total. The fraction of sp³-hybridized carbons (Fsp3) is 0.944. The van der Waals surface area contributed by atoms with E-state index in [2.05, 4.69) is 26.1 Å². The van der Waals surface area contributed by atoms with Crippen LogP contribution in [0.4, 0.5) is 4.79 Å². The topological polar surface area (TPSA) is 41.6 Å². The number of hydrogen-bond donors (Lipinski definition) is 1. The van der Waals surface area contributed by atoms with Crippen LogP contribution in [0.5, 0.6) is 0 Å². The molecule has 1 rings (SSSR count). The van der Waals surface area contributed by atoms with Crippen LogP contribution in [0.3, 0.4) is 0 Å². The highest BCUT2D eigenvalue weighted by molar-refractivity contribution is 5.68. The number of nitrogens with one attached hydrogen (secondary N) is 1. The lowest BCUT2D eigenvalue weighted by atomic mass is 9.73. The molecule has 4 heteroatoms. The maximum Gasteiger partial charge on any atom is 0.410 e. The second kappa shape index (κ2) is 8.19. The molecule has 4 nitrogen and oxygen atoms in total. The molecule has 1 aliphatic carbocycles. The summed E-state index contributed by atoms with van der Waals surface area (Å²) in [7, 11) is 0. The van der Waals surface area contributed by atoms with Gasteiger partial charge in [0, 0.05) is 25.7 Å². The van der Waals surface area contributed by atoms with Gasteiger partial charge in [0.05, 0.1) is 0 Å². The summed E-state index contributed by atoms with van der Waals surface area (Å²) in [4.78, 5) is 14.1. The highest BCUT2D eigenvalue weighted by Gasteiger charge is 2.31. The monoisotopic (exact) mass is 312 g/mol. The molecule has 0 aromatic rings. The molecular weight excluding hydrogens is 276 g/mol. The van der Waals surface area contributed by atoms with Gasteiger partial charge in [-0.05, 0) is 45.4 Å². The third-order valence-electron chi connectivity index (χ3n) is 4.42. The molecule has 0 aromatic carbocycles. The number of hydrogen-bond acceptors (Lipinski definition) is 3. The molecule has 0 bridgehead atoms. The number of carbonyl (C=O) groups is 1. The van der Waals surface area contributed by atoms with Gasteiger partial charge in [-0.3, -0.25) is 0 Å². The number of nitrogens with zero attached hydrogens (tertiary/aromatic N) is 1. The van der Waals surface area contributed by atoms with E-state index in [1.54, 1.807) is 0 Å². The molecule has 0 spiro atoms. The SMILES string of the molecule is CCCN(CCNC1CCCCC1(C)C)C(=O)OC(C)(C)C. The van der Waals surface area contributed by atoms with Crippen molar-refractivity contribution in [2.24, 2.45) is 5.41 Å². The molecule has 22 heavy (non-hydrogen) atoms. The van der Waals surface area contributed by atoms with Crippen LogP contribution in [0, 0.1) is 5.41 Å². The van der Waals surface area contributed by atoms with Gasteiger partial charge in [0.2, 0.25) is 0 Å². The lowest BCUT2D eigenvalue weighted by molar-refractivity contribution is 0.0246. The highest BCUT2D eigenvalue weighted by atomic mass is 16.6. The van der Waals surface area contributed by atoms with Crippen LogP contribution in [-0.2, 0) is 4.74 Å². The van der Waals surface area contributed by atoms with E-state index < -0.39 is 5.60 Å². The Morgan fingerprint density at radius 2 is 1.95 bits per heavy atom. The van der Waals surface area contributed by atoms with E-state index in [-0.39, 0.29) is 6.09 Å². The first-order chi connectivity index (χ1) is 10.2. The Morgan fingerprint density at radius 1 is 1.27 bits per heavy atom. The van der Waals surface area contributed by atoms with Gasteiger partial charge in [-0.2, -0.15) is 0 Å². The van der Waals surface area contributed by atoms with Crippen molar-refractivity contribution in [1.29, 1.82) is 0 Å². The number of carbonyl (C=O) groups excluding carboxylic acids is 1. The fourth-order valence-corrected chi connectivity index (χ4v) is 3.14. The third-order valence-corrected chi connectivity index (χ3v) is 4.42. The minimum Gasteiger partial charge on any atom is -0.444 e. The molecule has 1 atom stereocenters. The quantitative estimate of drug-likeness (QED) is 0.799. The number of ether oxygens (including phenoxy) is 1. The Balaban J connectivity index is 2.45. The predicted octanol–water partition coefficient (Wildman–Crippen LogP) is 4.19. The summed E-state index contributed by atoms with van der Waals surface area (Å²) in [6, 6.07) is 0.559. The minimum atomic E-state index is -0.429. The highest BCUT2D eigenvalue weighted by Crippen LogP contribution is 2.35. The van der Waals surface area contributed by atoms with Gasteiger partial charge in [0.15, 0.2) is 0 Å². The predicted molar refractivity (Wildman–Crippen MR) is 92.1 cm³/mol. The maximum absolute atomic E-state index is 12.2. The summed E-state index contributed by atoms with van der Waals surface area (Å²) >= 11 is 0. The first-order valence-electron chi connectivity index (χ1n) is 8.87. The average Bonchev–Trinajstić information content (AvgIpc) is 2.37. The summed E-state index contributed by atoms with van der Waals surface area (Å²) in [6.07, 6.45) is 5.94. The minimum absolute atomic E-state index is 0.195. The second-order valence-electron chi connectivity index (χ2n) is 8.21. The molecule has 1 saturated carbocycles.